The summed E-state index contributed by atoms with van der Waals surface area (Å²) in [5.41, 5.74) is 1.04. The molecule has 0 atom stereocenters. The molecule has 2 nitrogen and oxygen atoms in total. The molecule has 56 valence electrons. The smallest absolute Gasteiger partial charge is 0.138 e. The fourth-order valence-corrected chi connectivity index (χ4v) is 1.80. The summed E-state index contributed by atoms with van der Waals surface area (Å²) < 4.78 is 1.08. The van der Waals surface area contributed by atoms with Gasteiger partial charge >= 0.3 is 0 Å². The summed E-state index contributed by atoms with van der Waals surface area (Å²) in [6.45, 7) is 0. The van der Waals surface area contributed by atoms with Gasteiger partial charge in [0.05, 0.1) is 9.22 Å². The summed E-state index contributed by atoms with van der Waals surface area (Å²) >= 11 is 8.04. The Bertz CT molecular complexity index is 396. The molecule has 0 bridgehead atoms. The third-order valence-electron chi connectivity index (χ3n) is 1.47. The first-order valence-corrected chi connectivity index (χ1v) is 4.52. The number of fused-ring (bicyclic) bond motifs is 1. The van der Waals surface area contributed by atoms with Crippen LogP contribution in [0.3, 0.4) is 0 Å². The van der Waals surface area contributed by atoms with Crippen molar-refractivity contribution in [3.8, 4) is 0 Å². The van der Waals surface area contributed by atoms with Crippen molar-refractivity contribution in [2.75, 3.05) is 0 Å². The van der Waals surface area contributed by atoms with Crippen molar-refractivity contribution in [2.24, 2.45) is 0 Å². The topological polar surface area (TPSA) is 28.7 Å². The molecule has 0 radical (unpaired) electrons. The van der Waals surface area contributed by atoms with E-state index < -0.39 is 0 Å². The van der Waals surface area contributed by atoms with Crippen molar-refractivity contribution < 1.29 is 0 Å². The number of rotatable bonds is 0. The van der Waals surface area contributed by atoms with Gasteiger partial charge in [0.25, 0.3) is 0 Å². The highest BCUT2D eigenvalue weighted by molar-refractivity contribution is 14.1. The number of pyridine rings is 1. The lowest BCUT2D eigenvalue weighted by atomic mass is 10.3. The molecule has 0 saturated heterocycles. The Labute approximate surface area is 82.1 Å². The highest BCUT2D eigenvalue weighted by Crippen LogP contribution is 2.21. The number of aromatic nitrogens is 2. The maximum atomic E-state index is 5.84. The second-order valence-corrected chi connectivity index (χ2v) is 3.70. The van der Waals surface area contributed by atoms with Crippen molar-refractivity contribution in [1.82, 2.24) is 9.97 Å². The third-order valence-corrected chi connectivity index (χ3v) is 2.35. The zero-order valence-corrected chi connectivity index (χ0v) is 8.35. The molecule has 0 aromatic carbocycles. The Balaban J connectivity index is 2.90. The molecule has 2 rings (SSSR count). The molecule has 4 heteroatoms. The Morgan fingerprint density at radius 2 is 2.36 bits per heavy atom. The first kappa shape index (κ1) is 7.36. The number of hydrogen-bond acceptors (Lipinski definition) is 1. The average molecular weight is 278 g/mol. The molecule has 0 unspecified atom stereocenters. The number of hydrogen-bond donors (Lipinski definition) is 1. The van der Waals surface area contributed by atoms with Crippen LogP contribution in [0.15, 0.2) is 18.3 Å². The minimum absolute atomic E-state index is 0.557. The van der Waals surface area contributed by atoms with Crippen LogP contribution in [0.5, 0.6) is 0 Å². The zero-order chi connectivity index (χ0) is 7.84. The van der Waals surface area contributed by atoms with Gasteiger partial charge < -0.3 is 4.98 Å². The van der Waals surface area contributed by atoms with Crippen LogP contribution in [0, 0.1) is 3.70 Å². The molecule has 2 aromatic rings. The number of aromatic amines is 1. The second-order valence-electron chi connectivity index (χ2n) is 2.18. The second kappa shape index (κ2) is 2.64. The van der Waals surface area contributed by atoms with E-state index in [0.717, 1.165) is 14.6 Å². The van der Waals surface area contributed by atoms with Gasteiger partial charge in [0.1, 0.15) is 5.15 Å². The SMILES string of the molecule is Clc1nccc2[nH]c(I)cc12. The molecule has 11 heavy (non-hydrogen) atoms. The fourth-order valence-electron chi connectivity index (χ4n) is 0.985. The minimum Gasteiger partial charge on any atom is -0.350 e. The quantitative estimate of drug-likeness (QED) is 0.582. The Hall–Kier alpha value is -0.290. The maximum absolute atomic E-state index is 5.84. The largest absolute Gasteiger partial charge is 0.350 e. The first-order valence-electron chi connectivity index (χ1n) is 3.06. The highest BCUT2D eigenvalue weighted by atomic mass is 127. The monoisotopic (exact) mass is 278 g/mol. The van der Waals surface area contributed by atoms with Crippen LogP contribution < -0.4 is 0 Å². The van der Waals surface area contributed by atoms with Crippen molar-refractivity contribution in [3.05, 3.63) is 27.2 Å². The Morgan fingerprint density at radius 3 is 3.09 bits per heavy atom. The van der Waals surface area contributed by atoms with Crippen LogP contribution in [0.4, 0.5) is 0 Å². The molecular formula is C7H4ClIN2. The average Bonchev–Trinajstić information content (AvgIpc) is 2.31. The van der Waals surface area contributed by atoms with E-state index in [1.165, 1.54) is 0 Å². The Kier molecular flexibility index (Phi) is 1.77. The van der Waals surface area contributed by atoms with Crippen LogP contribution in [-0.2, 0) is 0 Å². The fraction of sp³-hybridized carbons (Fsp3) is 0. The first-order chi connectivity index (χ1) is 5.27. The molecule has 0 aliphatic heterocycles. The predicted octanol–water partition coefficient (Wildman–Crippen LogP) is 2.82. The molecule has 0 spiro atoms. The molecule has 0 aliphatic carbocycles. The van der Waals surface area contributed by atoms with E-state index in [1.54, 1.807) is 6.20 Å². The summed E-state index contributed by atoms with van der Waals surface area (Å²) in [4.78, 5) is 7.12. The summed E-state index contributed by atoms with van der Waals surface area (Å²) in [7, 11) is 0. The maximum Gasteiger partial charge on any atom is 0.138 e. The molecule has 2 aromatic heterocycles. The van der Waals surface area contributed by atoms with E-state index in [9.17, 15) is 0 Å². The van der Waals surface area contributed by atoms with Gasteiger partial charge in [0.2, 0.25) is 0 Å². The van der Waals surface area contributed by atoms with E-state index in [1.807, 2.05) is 12.1 Å². The van der Waals surface area contributed by atoms with Gasteiger partial charge in [-0.3, -0.25) is 0 Å². The van der Waals surface area contributed by atoms with Gasteiger partial charge in [-0.25, -0.2) is 4.98 Å². The van der Waals surface area contributed by atoms with Crippen LogP contribution in [0.1, 0.15) is 0 Å². The molecule has 0 aliphatic rings. The predicted molar refractivity (Wildman–Crippen MR) is 53.8 cm³/mol. The molecular weight excluding hydrogens is 274 g/mol. The van der Waals surface area contributed by atoms with Gasteiger partial charge in [-0.15, -0.1) is 0 Å². The van der Waals surface area contributed by atoms with E-state index in [2.05, 4.69) is 32.6 Å². The summed E-state index contributed by atoms with van der Waals surface area (Å²) in [6.07, 6.45) is 1.69. The van der Waals surface area contributed by atoms with E-state index >= 15 is 0 Å². The Morgan fingerprint density at radius 1 is 1.55 bits per heavy atom. The van der Waals surface area contributed by atoms with E-state index in [0.29, 0.717) is 5.15 Å². The van der Waals surface area contributed by atoms with Gasteiger partial charge in [0, 0.05) is 11.6 Å². The standard InChI is InChI=1S/C7H4ClIN2/c8-7-4-3-6(9)11-5(4)1-2-10-7/h1-3,11H. The van der Waals surface area contributed by atoms with Crippen LogP contribution in [0.25, 0.3) is 10.9 Å². The molecule has 0 fully saturated rings. The van der Waals surface area contributed by atoms with Crippen LogP contribution in [-0.4, -0.2) is 9.97 Å². The van der Waals surface area contributed by atoms with Crippen molar-refractivity contribution in [2.45, 2.75) is 0 Å². The number of H-pyrrole nitrogens is 1. The summed E-state index contributed by atoms with van der Waals surface area (Å²) in [5.74, 6) is 0. The van der Waals surface area contributed by atoms with Crippen molar-refractivity contribution >= 4 is 45.1 Å². The van der Waals surface area contributed by atoms with E-state index in [-0.39, 0.29) is 0 Å². The van der Waals surface area contributed by atoms with Gasteiger partial charge in [-0.1, -0.05) is 11.6 Å². The highest BCUT2D eigenvalue weighted by Gasteiger charge is 2.01. The van der Waals surface area contributed by atoms with Gasteiger partial charge in [-0.05, 0) is 34.7 Å². The summed E-state index contributed by atoms with van der Waals surface area (Å²) in [6, 6.07) is 3.88. The lowest BCUT2D eigenvalue weighted by Crippen LogP contribution is -1.73. The van der Waals surface area contributed by atoms with E-state index in [4.69, 9.17) is 11.6 Å². The van der Waals surface area contributed by atoms with Gasteiger partial charge in [-0.2, -0.15) is 0 Å². The third kappa shape index (κ3) is 1.22. The lowest BCUT2D eigenvalue weighted by molar-refractivity contribution is 1.35. The zero-order valence-electron chi connectivity index (χ0n) is 5.44. The van der Waals surface area contributed by atoms with Crippen LogP contribution in [0.2, 0.25) is 5.15 Å². The lowest BCUT2D eigenvalue weighted by Gasteiger charge is -1.88. The number of nitrogens with zero attached hydrogens (tertiary/aromatic N) is 1. The van der Waals surface area contributed by atoms with Crippen molar-refractivity contribution in [1.29, 1.82) is 0 Å². The number of halogens is 2. The molecule has 1 N–H and O–H groups in total. The van der Waals surface area contributed by atoms with Crippen molar-refractivity contribution in [3.63, 3.8) is 0 Å². The normalized spacial score (nSPS) is 10.7. The van der Waals surface area contributed by atoms with Crippen LogP contribution >= 0.6 is 34.2 Å². The molecule has 0 saturated carbocycles. The molecule has 2 heterocycles. The molecule has 0 amide bonds. The van der Waals surface area contributed by atoms with Gasteiger partial charge in [0.15, 0.2) is 0 Å². The number of nitrogens with one attached hydrogen (secondary N) is 1. The minimum atomic E-state index is 0.557. The summed E-state index contributed by atoms with van der Waals surface area (Å²) in [5, 5.41) is 1.54.